The molecule has 5 nitrogen and oxygen atoms in total. The zero-order chi connectivity index (χ0) is 13.0. The van der Waals surface area contributed by atoms with Gasteiger partial charge in [0, 0.05) is 17.6 Å². The van der Waals surface area contributed by atoms with E-state index in [1.807, 2.05) is 0 Å². The molecule has 0 heterocycles. The molecule has 0 radical (unpaired) electrons. The van der Waals surface area contributed by atoms with Crippen LogP contribution in [-0.2, 0) is 22.9 Å². The van der Waals surface area contributed by atoms with Crippen molar-refractivity contribution in [2.24, 2.45) is 0 Å². The summed E-state index contributed by atoms with van der Waals surface area (Å²) in [6, 6.07) is 0. The third kappa shape index (κ3) is 10.5. The summed E-state index contributed by atoms with van der Waals surface area (Å²) in [7, 11) is -3.58. The van der Waals surface area contributed by atoms with Crippen LogP contribution in [0.3, 0.4) is 0 Å². The fourth-order valence-electron chi connectivity index (χ4n) is 0.769. The fraction of sp³-hybridized carbons (Fsp3) is 1.00. The molecule has 0 aliphatic carbocycles. The highest BCUT2D eigenvalue weighted by atomic mass is 35.5. The predicted octanol–water partition coefficient (Wildman–Crippen LogP) is 2.88. The summed E-state index contributed by atoms with van der Waals surface area (Å²) in [5.74, 6) is 0.782. The summed E-state index contributed by atoms with van der Waals surface area (Å²) in [5.41, 5.74) is 0. The Morgan fingerprint density at radius 1 is 0.706 bits per heavy atom. The molecule has 0 aromatic rings. The van der Waals surface area contributed by atoms with Crippen molar-refractivity contribution in [1.82, 2.24) is 0 Å². The zero-order valence-electron chi connectivity index (χ0n) is 9.28. The smallest absolute Gasteiger partial charge is 0.378 e. The van der Waals surface area contributed by atoms with Gasteiger partial charge >= 0.3 is 7.82 Å². The number of phosphoric acid groups is 1. The summed E-state index contributed by atoms with van der Waals surface area (Å²) in [6.07, 6.45) is 0. The maximum absolute atomic E-state index is 11.9. The lowest BCUT2D eigenvalue weighted by Crippen LogP contribution is -2.09. The van der Waals surface area contributed by atoms with Crippen molar-refractivity contribution < 1.29 is 22.9 Å². The van der Waals surface area contributed by atoms with Gasteiger partial charge in [-0.05, 0) is 0 Å². The van der Waals surface area contributed by atoms with Crippen LogP contribution in [0.25, 0.3) is 0 Å². The predicted molar refractivity (Wildman–Crippen MR) is 68.4 cm³/mol. The molecule has 0 amide bonds. The molecule has 0 aliphatic rings. The molecule has 9 heteroatoms. The molecule has 0 bridgehead atoms. The zero-order valence-corrected chi connectivity index (χ0v) is 12.4. The van der Waals surface area contributed by atoms with Crippen molar-refractivity contribution >= 4 is 42.6 Å². The second-order valence-corrected chi connectivity index (χ2v) is 5.43. The van der Waals surface area contributed by atoms with Crippen LogP contribution in [0.2, 0.25) is 0 Å². The number of halogens is 3. The number of rotatable bonds is 12. The van der Waals surface area contributed by atoms with Gasteiger partial charge in [0.05, 0.1) is 33.0 Å². The molecule has 0 unspecified atom stereocenters. The molecule has 0 N–H and O–H groups in total. The molecule has 17 heavy (non-hydrogen) atoms. The lowest BCUT2D eigenvalue weighted by Gasteiger charge is -2.16. The lowest BCUT2D eigenvalue weighted by atomic mass is 10.7. The molecular formula is C8H16Cl3O5P. The van der Waals surface area contributed by atoms with Gasteiger partial charge in [-0.25, -0.2) is 4.57 Å². The van der Waals surface area contributed by atoms with E-state index in [-0.39, 0.29) is 38.2 Å². The third-order valence-corrected chi connectivity index (χ3v) is 3.31. The topological polar surface area (TPSA) is 54.0 Å². The van der Waals surface area contributed by atoms with Gasteiger partial charge in [-0.2, -0.15) is 0 Å². The van der Waals surface area contributed by atoms with Crippen LogP contribution in [0.15, 0.2) is 0 Å². The van der Waals surface area contributed by atoms with Gasteiger partial charge in [0.25, 0.3) is 0 Å². The van der Waals surface area contributed by atoms with Crippen molar-refractivity contribution in [1.29, 1.82) is 0 Å². The number of phosphoric ester groups is 1. The minimum Gasteiger partial charge on any atom is -0.378 e. The average Bonchev–Trinajstić information content (AvgIpc) is 2.34. The normalized spacial score (nSPS) is 11.9. The Bertz CT molecular complexity index is 207. The summed E-state index contributed by atoms with van der Waals surface area (Å²) in [4.78, 5) is 0. The monoisotopic (exact) mass is 328 g/mol. The van der Waals surface area contributed by atoms with Crippen LogP contribution in [0.4, 0.5) is 0 Å². The maximum atomic E-state index is 11.9. The van der Waals surface area contributed by atoms with E-state index in [9.17, 15) is 4.57 Å². The van der Waals surface area contributed by atoms with Crippen LogP contribution >= 0.6 is 42.6 Å². The van der Waals surface area contributed by atoms with Gasteiger partial charge < -0.3 is 4.74 Å². The first-order chi connectivity index (χ1) is 8.18. The minimum absolute atomic E-state index is 0.0731. The molecule has 0 aromatic carbocycles. The molecule has 0 saturated carbocycles. The van der Waals surface area contributed by atoms with Crippen molar-refractivity contribution in [2.45, 2.75) is 0 Å². The number of hydrogen-bond acceptors (Lipinski definition) is 5. The standard InChI is InChI=1S/C8H16Cl3O5P/c9-1-4-13-7-8-16-17(12,14-5-2-10)15-6-3-11/h1-8H2. The van der Waals surface area contributed by atoms with E-state index in [0.29, 0.717) is 12.5 Å². The van der Waals surface area contributed by atoms with Crippen LogP contribution in [0, 0.1) is 0 Å². The molecule has 0 aliphatic heterocycles. The molecule has 0 spiro atoms. The van der Waals surface area contributed by atoms with Gasteiger partial charge in [-0.3, -0.25) is 13.6 Å². The lowest BCUT2D eigenvalue weighted by molar-refractivity contribution is 0.0737. The first-order valence-corrected chi connectivity index (χ1v) is 8.04. The van der Waals surface area contributed by atoms with Gasteiger partial charge in [0.2, 0.25) is 0 Å². The van der Waals surface area contributed by atoms with Crippen molar-refractivity contribution in [3.05, 3.63) is 0 Å². The maximum Gasteiger partial charge on any atom is 0.474 e. The molecule has 0 saturated heterocycles. The minimum atomic E-state index is -3.58. The molecule has 0 atom stereocenters. The van der Waals surface area contributed by atoms with E-state index < -0.39 is 7.82 Å². The Labute approximate surface area is 116 Å². The highest BCUT2D eigenvalue weighted by molar-refractivity contribution is 7.48. The third-order valence-electron chi connectivity index (χ3n) is 1.35. The quantitative estimate of drug-likeness (QED) is 0.313. The van der Waals surface area contributed by atoms with Crippen LogP contribution in [0.1, 0.15) is 0 Å². The summed E-state index contributed by atoms with van der Waals surface area (Å²) < 4.78 is 31.8. The van der Waals surface area contributed by atoms with Crippen molar-refractivity contribution in [3.8, 4) is 0 Å². The Morgan fingerprint density at radius 3 is 1.65 bits per heavy atom. The van der Waals surface area contributed by atoms with Crippen LogP contribution < -0.4 is 0 Å². The first-order valence-electron chi connectivity index (χ1n) is 4.98. The number of ether oxygens (including phenoxy) is 1. The van der Waals surface area contributed by atoms with Crippen molar-refractivity contribution in [2.75, 3.05) is 50.7 Å². The largest absolute Gasteiger partial charge is 0.474 e. The fourth-order valence-corrected chi connectivity index (χ4v) is 2.40. The Kier molecular flexibility index (Phi) is 12.7. The van der Waals surface area contributed by atoms with Crippen LogP contribution in [-0.4, -0.2) is 50.7 Å². The Morgan fingerprint density at radius 2 is 1.18 bits per heavy atom. The van der Waals surface area contributed by atoms with E-state index >= 15 is 0 Å². The van der Waals surface area contributed by atoms with E-state index in [0.717, 1.165) is 0 Å². The van der Waals surface area contributed by atoms with E-state index in [1.165, 1.54) is 0 Å². The summed E-state index contributed by atoms with van der Waals surface area (Å²) in [6.45, 7) is 0.886. The molecular weight excluding hydrogens is 313 g/mol. The Hall–Kier alpha value is 0.940. The Balaban J connectivity index is 3.87. The van der Waals surface area contributed by atoms with E-state index in [4.69, 9.17) is 53.1 Å². The van der Waals surface area contributed by atoms with E-state index in [2.05, 4.69) is 0 Å². The SMILES string of the molecule is O=P(OCCCl)(OCCCl)OCCOCCCl. The highest BCUT2D eigenvalue weighted by Gasteiger charge is 2.25. The molecule has 0 aromatic heterocycles. The second kappa shape index (κ2) is 12.0. The highest BCUT2D eigenvalue weighted by Crippen LogP contribution is 2.49. The summed E-state index contributed by atoms with van der Waals surface area (Å²) in [5, 5.41) is 0. The van der Waals surface area contributed by atoms with Gasteiger partial charge in [0.15, 0.2) is 0 Å². The van der Waals surface area contributed by atoms with Gasteiger partial charge in [-0.1, -0.05) is 0 Å². The molecule has 104 valence electrons. The average molecular weight is 330 g/mol. The van der Waals surface area contributed by atoms with E-state index in [1.54, 1.807) is 0 Å². The van der Waals surface area contributed by atoms with Crippen LogP contribution in [0.5, 0.6) is 0 Å². The molecule has 0 rings (SSSR count). The molecule has 0 fully saturated rings. The summed E-state index contributed by atoms with van der Waals surface area (Å²) >= 11 is 16.3. The van der Waals surface area contributed by atoms with Gasteiger partial charge in [0.1, 0.15) is 0 Å². The number of hydrogen-bond donors (Lipinski definition) is 0. The first kappa shape index (κ1) is 17.9. The van der Waals surface area contributed by atoms with Gasteiger partial charge in [-0.15, -0.1) is 34.8 Å². The number of alkyl halides is 3. The van der Waals surface area contributed by atoms with Crippen molar-refractivity contribution in [3.63, 3.8) is 0 Å². The second-order valence-electron chi connectivity index (χ2n) is 2.63.